The van der Waals surface area contributed by atoms with Gasteiger partial charge in [0.1, 0.15) is 0 Å². The molecular weight excluding hydrogens is 240 g/mol. The Hall–Kier alpha value is -0.160. The highest BCUT2D eigenvalue weighted by Gasteiger charge is 2.32. The van der Waals surface area contributed by atoms with E-state index in [0.717, 1.165) is 45.0 Å². The van der Waals surface area contributed by atoms with Crippen molar-refractivity contribution < 1.29 is 9.84 Å². The van der Waals surface area contributed by atoms with Gasteiger partial charge in [-0.25, -0.2) is 0 Å². The normalized spacial score (nSPS) is 18.8. The molecule has 1 rings (SSSR count). The summed E-state index contributed by atoms with van der Waals surface area (Å²) in [4.78, 5) is 2.53. The molecule has 0 saturated heterocycles. The molecule has 0 radical (unpaired) electrons. The van der Waals surface area contributed by atoms with Crippen molar-refractivity contribution in [2.45, 2.75) is 51.6 Å². The van der Waals surface area contributed by atoms with Crippen molar-refractivity contribution in [1.29, 1.82) is 0 Å². The van der Waals surface area contributed by atoms with E-state index in [4.69, 9.17) is 4.74 Å². The van der Waals surface area contributed by atoms with Gasteiger partial charge in [-0.3, -0.25) is 4.90 Å². The molecule has 2 unspecified atom stereocenters. The molecule has 1 aliphatic rings. The average molecular weight is 272 g/mol. The van der Waals surface area contributed by atoms with E-state index >= 15 is 0 Å². The summed E-state index contributed by atoms with van der Waals surface area (Å²) in [6, 6.07) is 1.03. The average Bonchev–Trinajstić information content (AvgIpc) is 3.24. The SMILES string of the molecule is CCCNC(CCO)CN(CCOC)C(C)C1CC1. The standard InChI is InChI=1S/C15H32N2O2/c1-4-8-16-15(7-10-18)12-17(9-11-19-3)13(2)14-5-6-14/h13-16,18H,4-12H2,1-3H3. The second-order valence-electron chi connectivity index (χ2n) is 5.73. The number of hydrogen-bond donors (Lipinski definition) is 2. The fourth-order valence-electron chi connectivity index (χ4n) is 2.59. The Bertz CT molecular complexity index is 222. The summed E-state index contributed by atoms with van der Waals surface area (Å²) in [5, 5.41) is 12.8. The zero-order valence-electron chi connectivity index (χ0n) is 12.9. The molecule has 0 heterocycles. The summed E-state index contributed by atoms with van der Waals surface area (Å²) in [5.41, 5.74) is 0. The van der Waals surface area contributed by atoms with Crippen molar-refractivity contribution in [3.8, 4) is 0 Å². The maximum atomic E-state index is 9.20. The maximum absolute atomic E-state index is 9.20. The number of aliphatic hydroxyl groups excluding tert-OH is 1. The molecule has 0 aromatic rings. The van der Waals surface area contributed by atoms with Crippen LogP contribution >= 0.6 is 0 Å². The van der Waals surface area contributed by atoms with E-state index in [-0.39, 0.29) is 6.61 Å². The highest BCUT2D eigenvalue weighted by Crippen LogP contribution is 2.35. The molecule has 1 fully saturated rings. The monoisotopic (exact) mass is 272 g/mol. The molecule has 2 N–H and O–H groups in total. The van der Waals surface area contributed by atoms with Crippen molar-refractivity contribution in [2.24, 2.45) is 5.92 Å². The van der Waals surface area contributed by atoms with Crippen LogP contribution in [0.3, 0.4) is 0 Å². The highest BCUT2D eigenvalue weighted by atomic mass is 16.5. The summed E-state index contributed by atoms with van der Waals surface area (Å²) in [6.07, 6.45) is 4.72. The Balaban J connectivity index is 2.45. The van der Waals surface area contributed by atoms with E-state index in [2.05, 4.69) is 24.1 Å². The van der Waals surface area contributed by atoms with Crippen molar-refractivity contribution >= 4 is 0 Å². The van der Waals surface area contributed by atoms with Crippen LogP contribution in [-0.4, -0.2) is 62.0 Å². The fourth-order valence-corrected chi connectivity index (χ4v) is 2.59. The van der Waals surface area contributed by atoms with E-state index < -0.39 is 0 Å². The summed E-state index contributed by atoms with van der Waals surface area (Å²) < 4.78 is 5.23. The van der Waals surface area contributed by atoms with E-state index in [1.807, 2.05) is 0 Å². The molecule has 0 aliphatic heterocycles. The summed E-state index contributed by atoms with van der Waals surface area (Å²) in [5.74, 6) is 0.873. The Morgan fingerprint density at radius 2 is 2.16 bits per heavy atom. The molecule has 19 heavy (non-hydrogen) atoms. The number of nitrogens with zero attached hydrogens (tertiary/aromatic N) is 1. The van der Waals surface area contributed by atoms with Crippen molar-refractivity contribution in [3.05, 3.63) is 0 Å². The number of hydrogen-bond acceptors (Lipinski definition) is 4. The number of nitrogens with one attached hydrogen (secondary N) is 1. The van der Waals surface area contributed by atoms with Crippen molar-refractivity contribution in [1.82, 2.24) is 10.2 Å². The molecule has 114 valence electrons. The van der Waals surface area contributed by atoms with Crippen LogP contribution in [0, 0.1) is 5.92 Å². The molecule has 2 atom stereocenters. The Labute approximate surface area is 118 Å². The van der Waals surface area contributed by atoms with Crippen LogP contribution in [-0.2, 0) is 4.74 Å². The molecule has 4 heteroatoms. The second-order valence-corrected chi connectivity index (χ2v) is 5.73. The predicted octanol–water partition coefficient (Wildman–Crippen LogP) is 1.48. The predicted molar refractivity (Wildman–Crippen MR) is 79.4 cm³/mol. The van der Waals surface area contributed by atoms with Gasteiger partial charge in [-0.2, -0.15) is 0 Å². The minimum absolute atomic E-state index is 0.261. The molecular formula is C15H32N2O2. The third-order valence-corrected chi connectivity index (χ3v) is 4.08. The van der Waals surface area contributed by atoms with Gasteiger partial charge in [-0.05, 0) is 45.1 Å². The van der Waals surface area contributed by atoms with Gasteiger partial charge >= 0.3 is 0 Å². The summed E-state index contributed by atoms with van der Waals surface area (Å²) in [7, 11) is 1.76. The second kappa shape index (κ2) is 9.70. The van der Waals surface area contributed by atoms with E-state index in [9.17, 15) is 5.11 Å². The first-order valence-corrected chi connectivity index (χ1v) is 7.80. The number of methoxy groups -OCH3 is 1. The topological polar surface area (TPSA) is 44.7 Å². The zero-order valence-corrected chi connectivity index (χ0v) is 12.9. The van der Waals surface area contributed by atoms with Gasteiger partial charge in [0.15, 0.2) is 0 Å². The van der Waals surface area contributed by atoms with Crippen LogP contribution in [0.15, 0.2) is 0 Å². The lowest BCUT2D eigenvalue weighted by Crippen LogP contribution is -2.47. The molecule has 0 bridgehead atoms. The molecule has 0 aromatic carbocycles. The Morgan fingerprint density at radius 3 is 2.68 bits per heavy atom. The van der Waals surface area contributed by atoms with E-state index in [0.29, 0.717) is 12.1 Å². The number of rotatable bonds is 12. The van der Waals surface area contributed by atoms with Crippen LogP contribution in [0.1, 0.15) is 39.5 Å². The van der Waals surface area contributed by atoms with Gasteiger partial charge in [0.05, 0.1) is 6.61 Å². The molecule has 0 spiro atoms. The van der Waals surface area contributed by atoms with Gasteiger partial charge in [-0.1, -0.05) is 6.92 Å². The fraction of sp³-hybridized carbons (Fsp3) is 1.00. The maximum Gasteiger partial charge on any atom is 0.0589 e. The van der Waals surface area contributed by atoms with Crippen molar-refractivity contribution in [2.75, 3.05) is 40.0 Å². The van der Waals surface area contributed by atoms with Gasteiger partial charge in [-0.15, -0.1) is 0 Å². The van der Waals surface area contributed by atoms with Crippen LogP contribution in [0.4, 0.5) is 0 Å². The lowest BCUT2D eigenvalue weighted by Gasteiger charge is -2.33. The first-order valence-electron chi connectivity index (χ1n) is 7.80. The van der Waals surface area contributed by atoms with Crippen LogP contribution in [0.25, 0.3) is 0 Å². The van der Waals surface area contributed by atoms with Gasteiger partial charge in [0.25, 0.3) is 0 Å². The minimum atomic E-state index is 0.261. The van der Waals surface area contributed by atoms with Gasteiger partial charge in [0.2, 0.25) is 0 Å². The molecule has 0 amide bonds. The molecule has 0 aromatic heterocycles. The third kappa shape index (κ3) is 6.70. The molecule has 1 aliphatic carbocycles. The van der Waals surface area contributed by atoms with Crippen LogP contribution in [0.2, 0.25) is 0 Å². The highest BCUT2D eigenvalue weighted by molar-refractivity contribution is 4.87. The van der Waals surface area contributed by atoms with Crippen LogP contribution in [0.5, 0.6) is 0 Å². The van der Waals surface area contributed by atoms with Gasteiger partial charge < -0.3 is 15.2 Å². The molecule has 1 saturated carbocycles. The zero-order chi connectivity index (χ0) is 14.1. The largest absolute Gasteiger partial charge is 0.396 e. The van der Waals surface area contributed by atoms with Crippen molar-refractivity contribution in [3.63, 3.8) is 0 Å². The smallest absolute Gasteiger partial charge is 0.0589 e. The number of ether oxygens (including phenoxy) is 1. The van der Waals surface area contributed by atoms with E-state index in [1.54, 1.807) is 7.11 Å². The Kier molecular flexibility index (Phi) is 8.62. The van der Waals surface area contributed by atoms with E-state index in [1.165, 1.54) is 12.8 Å². The van der Waals surface area contributed by atoms with Gasteiger partial charge in [0, 0.05) is 38.9 Å². The lowest BCUT2D eigenvalue weighted by atomic mass is 10.1. The number of aliphatic hydroxyl groups is 1. The quantitative estimate of drug-likeness (QED) is 0.565. The minimum Gasteiger partial charge on any atom is -0.396 e. The Morgan fingerprint density at radius 1 is 1.42 bits per heavy atom. The summed E-state index contributed by atoms with van der Waals surface area (Å²) >= 11 is 0. The summed E-state index contributed by atoms with van der Waals surface area (Å²) in [6.45, 7) is 8.60. The lowest BCUT2D eigenvalue weighted by molar-refractivity contribution is 0.104. The molecule has 4 nitrogen and oxygen atoms in total. The van der Waals surface area contributed by atoms with Crippen LogP contribution < -0.4 is 5.32 Å². The first-order chi connectivity index (χ1) is 9.22. The third-order valence-electron chi connectivity index (χ3n) is 4.08. The first kappa shape index (κ1) is 16.9.